The minimum absolute atomic E-state index is 0.00616. The summed E-state index contributed by atoms with van der Waals surface area (Å²) in [5.74, 6) is 2.63. The van der Waals surface area contributed by atoms with Crippen molar-refractivity contribution < 1.29 is 23.7 Å². The summed E-state index contributed by atoms with van der Waals surface area (Å²) < 4.78 is 22.2. The van der Waals surface area contributed by atoms with Gasteiger partial charge in [-0.1, -0.05) is 36.4 Å². The van der Waals surface area contributed by atoms with Gasteiger partial charge in [0.1, 0.15) is 6.61 Å². The van der Waals surface area contributed by atoms with Crippen LogP contribution in [-0.2, 0) is 13.2 Å². The van der Waals surface area contributed by atoms with Gasteiger partial charge in [-0.15, -0.1) is 0 Å². The van der Waals surface area contributed by atoms with E-state index in [1.165, 1.54) is 0 Å². The number of benzene rings is 3. The highest BCUT2D eigenvalue weighted by molar-refractivity contribution is 5.95. The summed E-state index contributed by atoms with van der Waals surface area (Å²) in [6, 6.07) is 21.4. The van der Waals surface area contributed by atoms with Gasteiger partial charge in [0.05, 0.1) is 21.3 Å². The summed E-state index contributed by atoms with van der Waals surface area (Å²) >= 11 is 0. The molecule has 1 aliphatic heterocycles. The first kappa shape index (κ1) is 24.4. The van der Waals surface area contributed by atoms with Crippen molar-refractivity contribution in [3.63, 3.8) is 0 Å². The van der Waals surface area contributed by atoms with Gasteiger partial charge in [-0.2, -0.15) is 0 Å². The van der Waals surface area contributed by atoms with E-state index in [1.54, 1.807) is 39.5 Å². The molecule has 0 aliphatic carbocycles. The molecule has 1 aliphatic rings. The molecule has 0 atom stereocenters. The molecule has 1 fully saturated rings. The van der Waals surface area contributed by atoms with E-state index in [0.717, 1.165) is 42.3 Å². The van der Waals surface area contributed by atoms with Crippen LogP contribution in [-0.4, -0.2) is 63.2 Å². The molecule has 3 aromatic rings. The Morgan fingerprint density at radius 3 is 2.06 bits per heavy atom. The lowest BCUT2D eigenvalue weighted by atomic mass is 10.1. The Hall–Kier alpha value is -3.71. The second kappa shape index (κ2) is 11.6. The van der Waals surface area contributed by atoms with Crippen LogP contribution in [0.25, 0.3) is 0 Å². The summed E-state index contributed by atoms with van der Waals surface area (Å²) in [6.45, 7) is 4.19. The van der Waals surface area contributed by atoms with Crippen LogP contribution in [0.4, 0.5) is 0 Å². The van der Waals surface area contributed by atoms with Gasteiger partial charge in [0, 0.05) is 38.3 Å². The number of amides is 1. The number of hydrogen-bond acceptors (Lipinski definition) is 6. The maximum Gasteiger partial charge on any atom is 0.254 e. The topological polar surface area (TPSA) is 60.5 Å². The quantitative estimate of drug-likeness (QED) is 0.460. The molecular weight excluding hydrogens is 444 g/mol. The van der Waals surface area contributed by atoms with Crippen LogP contribution in [0.5, 0.6) is 23.0 Å². The molecule has 3 aromatic carbocycles. The van der Waals surface area contributed by atoms with Crippen molar-refractivity contribution in [2.75, 3.05) is 47.5 Å². The van der Waals surface area contributed by atoms with Gasteiger partial charge in [-0.25, -0.2) is 0 Å². The number of hydrogen-bond donors (Lipinski definition) is 0. The Morgan fingerprint density at radius 2 is 1.37 bits per heavy atom. The number of ether oxygens (including phenoxy) is 4. The molecule has 0 N–H and O–H groups in total. The SMILES string of the molecule is COc1ccc(C(=O)N2CCN(Cc3ccc(OC)c(OCc4ccccc4)c3)CC2)cc1OC. The monoisotopic (exact) mass is 476 g/mol. The second-order valence-corrected chi connectivity index (χ2v) is 8.40. The molecule has 7 heteroatoms. The third kappa shape index (κ3) is 6.05. The van der Waals surface area contributed by atoms with E-state index < -0.39 is 0 Å². The predicted octanol–water partition coefficient (Wildman–Crippen LogP) is 4.25. The molecule has 0 radical (unpaired) electrons. The molecule has 1 heterocycles. The lowest BCUT2D eigenvalue weighted by Crippen LogP contribution is -2.48. The molecule has 1 amide bonds. The first-order valence-corrected chi connectivity index (χ1v) is 11.7. The fraction of sp³-hybridized carbons (Fsp3) is 0.321. The van der Waals surface area contributed by atoms with E-state index in [4.69, 9.17) is 18.9 Å². The summed E-state index contributed by atoms with van der Waals surface area (Å²) in [6.07, 6.45) is 0. The van der Waals surface area contributed by atoms with Gasteiger partial charge in [0.2, 0.25) is 0 Å². The summed E-state index contributed by atoms with van der Waals surface area (Å²) in [7, 11) is 4.81. The van der Waals surface area contributed by atoms with Crippen molar-refractivity contribution in [3.8, 4) is 23.0 Å². The maximum atomic E-state index is 13.0. The van der Waals surface area contributed by atoms with Crippen LogP contribution >= 0.6 is 0 Å². The van der Waals surface area contributed by atoms with Crippen molar-refractivity contribution >= 4 is 5.91 Å². The van der Waals surface area contributed by atoms with Crippen molar-refractivity contribution in [1.82, 2.24) is 9.80 Å². The zero-order valence-corrected chi connectivity index (χ0v) is 20.5. The second-order valence-electron chi connectivity index (χ2n) is 8.40. The third-order valence-corrected chi connectivity index (χ3v) is 6.16. The Morgan fingerprint density at radius 1 is 0.714 bits per heavy atom. The molecule has 184 valence electrons. The molecule has 4 rings (SSSR count). The number of carbonyl (C=O) groups excluding carboxylic acids is 1. The standard InChI is InChI=1S/C28H32N2O5/c1-32-24-12-10-23(18-26(24)34-3)28(31)30-15-13-29(14-16-30)19-22-9-11-25(33-2)27(17-22)35-20-21-7-5-4-6-8-21/h4-12,17-18H,13-16,19-20H2,1-3H3. The fourth-order valence-electron chi connectivity index (χ4n) is 4.19. The van der Waals surface area contributed by atoms with E-state index in [2.05, 4.69) is 11.0 Å². The lowest BCUT2D eigenvalue weighted by molar-refractivity contribution is 0.0628. The summed E-state index contributed by atoms with van der Waals surface area (Å²) in [4.78, 5) is 17.3. The van der Waals surface area contributed by atoms with Gasteiger partial charge in [0.15, 0.2) is 23.0 Å². The van der Waals surface area contributed by atoms with Crippen LogP contribution < -0.4 is 18.9 Å². The van der Waals surface area contributed by atoms with Crippen LogP contribution in [0, 0.1) is 0 Å². The van der Waals surface area contributed by atoms with Crippen molar-refractivity contribution in [2.45, 2.75) is 13.2 Å². The van der Waals surface area contributed by atoms with Crippen molar-refractivity contribution in [2.24, 2.45) is 0 Å². The smallest absolute Gasteiger partial charge is 0.254 e. The highest BCUT2D eigenvalue weighted by Gasteiger charge is 2.23. The fourth-order valence-corrected chi connectivity index (χ4v) is 4.19. The average molecular weight is 477 g/mol. The van der Waals surface area contributed by atoms with Gasteiger partial charge >= 0.3 is 0 Å². The highest BCUT2D eigenvalue weighted by Crippen LogP contribution is 2.30. The minimum Gasteiger partial charge on any atom is -0.493 e. The summed E-state index contributed by atoms with van der Waals surface area (Å²) in [5, 5.41) is 0. The molecule has 0 aromatic heterocycles. The van der Waals surface area contributed by atoms with Crippen LogP contribution in [0.15, 0.2) is 66.7 Å². The molecule has 35 heavy (non-hydrogen) atoms. The predicted molar refractivity (Wildman–Crippen MR) is 134 cm³/mol. The highest BCUT2D eigenvalue weighted by atomic mass is 16.5. The van der Waals surface area contributed by atoms with Gasteiger partial charge < -0.3 is 23.8 Å². The van der Waals surface area contributed by atoms with E-state index in [-0.39, 0.29) is 5.91 Å². The number of rotatable bonds is 9. The number of nitrogens with zero attached hydrogens (tertiary/aromatic N) is 2. The molecule has 0 unspecified atom stereocenters. The Labute approximate surface area is 206 Å². The van der Waals surface area contributed by atoms with Crippen LogP contribution in [0.3, 0.4) is 0 Å². The van der Waals surface area contributed by atoms with Gasteiger partial charge in [0.25, 0.3) is 5.91 Å². The third-order valence-electron chi connectivity index (χ3n) is 6.16. The molecule has 0 bridgehead atoms. The van der Waals surface area contributed by atoms with E-state index in [9.17, 15) is 4.79 Å². The summed E-state index contributed by atoms with van der Waals surface area (Å²) in [5.41, 5.74) is 2.86. The van der Waals surface area contributed by atoms with Crippen LogP contribution in [0.2, 0.25) is 0 Å². The van der Waals surface area contributed by atoms with E-state index in [0.29, 0.717) is 36.8 Å². The zero-order valence-electron chi connectivity index (χ0n) is 20.5. The first-order valence-electron chi connectivity index (χ1n) is 11.7. The Kier molecular flexibility index (Phi) is 8.11. The number of carbonyl (C=O) groups is 1. The molecule has 1 saturated heterocycles. The molecule has 7 nitrogen and oxygen atoms in total. The minimum atomic E-state index is 0.00616. The molecule has 0 spiro atoms. The zero-order chi connectivity index (χ0) is 24.6. The van der Waals surface area contributed by atoms with Gasteiger partial charge in [-0.05, 0) is 41.5 Å². The van der Waals surface area contributed by atoms with Crippen molar-refractivity contribution in [3.05, 3.63) is 83.4 Å². The molecular formula is C28H32N2O5. The van der Waals surface area contributed by atoms with E-state index in [1.807, 2.05) is 47.4 Å². The van der Waals surface area contributed by atoms with Gasteiger partial charge in [-0.3, -0.25) is 9.69 Å². The number of piperazine rings is 1. The lowest BCUT2D eigenvalue weighted by Gasteiger charge is -2.35. The Bertz CT molecular complexity index is 1130. The maximum absolute atomic E-state index is 13.0. The normalized spacial score (nSPS) is 13.9. The Balaban J connectivity index is 1.35. The molecule has 0 saturated carbocycles. The first-order chi connectivity index (χ1) is 17.1. The van der Waals surface area contributed by atoms with Crippen molar-refractivity contribution in [1.29, 1.82) is 0 Å². The largest absolute Gasteiger partial charge is 0.493 e. The van der Waals surface area contributed by atoms with E-state index >= 15 is 0 Å². The van der Waals surface area contributed by atoms with Crippen LogP contribution in [0.1, 0.15) is 21.5 Å². The average Bonchev–Trinajstić information content (AvgIpc) is 2.92. The number of methoxy groups -OCH3 is 3.